The summed E-state index contributed by atoms with van der Waals surface area (Å²) in [6.45, 7) is 8.44. The van der Waals surface area contributed by atoms with Crippen molar-refractivity contribution in [2.75, 3.05) is 54.0 Å². The molecule has 0 saturated carbocycles. The average molecular weight is 351 g/mol. The Hall–Kier alpha value is -1.79. The first-order valence-corrected chi connectivity index (χ1v) is 8.90. The van der Waals surface area contributed by atoms with E-state index in [4.69, 9.17) is 9.47 Å². The van der Waals surface area contributed by atoms with E-state index < -0.39 is 0 Å². The average Bonchev–Trinajstić information content (AvgIpc) is 2.60. The minimum absolute atomic E-state index is 0.0537. The highest BCUT2D eigenvalue weighted by Gasteiger charge is 2.06. The quantitative estimate of drug-likeness (QED) is 0.363. The monoisotopic (exact) mass is 350 g/mol. The van der Waals surface area contributed by atoms with Crippen LogP contribution in [0.5, 0.6) is 5.75 Å². The SMILES string of the molecule is CN=C(NCCN(C)CCCOC)NCC(C)Oc1ccc(C)cc1. The number of ether oxygens (including phenoxy) is 2. The van der Waals surface area contributed by atoms with Crippen LogP contribution in [0.25, 0.3) is 0 Å². The Morgan fingerprint density at radius 2 is 1.92 bits per heavy atom. The maximum absolute atomic E-state index is 5.90. The number of aryl methyl sites for hydroxylation is 1. The third-order valence-corrected chi connectivity index (χ3v) is 3.81. The molecule has 0 spiro atoms. The maximum atomic E-state index is 5.90. The highest BCUT2D eigenvalue weighted by Crippen LogP contribution is 2.12. The molecule has 0 heterocycles. The lowest BCUT2D eigenvalue weighted by Gasteiger charge is -2.20. The molecule has 0 aliphatic heterocycles. The molecular weight excluding hydrogens is 316 g/mol. The Labute approximate surface area is 152 Å². The number of nitrogens with one attached hydrogen (secondary N) is 2. The van der Waals surface area contributed by atoms with Crippen LogP contribution >= 0.6 is 0 Å². The highest BCUT2D eigenvalue weighted by molar-refractivity contribution is 5.79. The van der Waals surface area contributed by atoms with Crippen molar-refractivity contribution in [1.29, 1.82) is 0 Å². The van der Waals surface area contributed by atoms with Crippen molar-refractivity contribution >= 4 is 5.96 Å². The molecule has 0 radical (unpaired) electrons. The van der Waals surface area contributed by atoms with Crippen molar-refractivity contribution < 1.29 is 9.47 Å². The van der Waals surface area contributed by atoms with Gasteiger partial charge in [-0.2, -0.15) is 0 Å². The van der Waals surface area contributed by atoms with E-state index in [9.17, 15) is 0 Å². The minimum Gasteiger partial charge on any atom is -0.489 e. The van der Waals surface area contributed by atoms with Crippen molar-refractivity contribution in [2.45, 2.75) is 26.4 Å². The van der Waals surface area contributed by atoms with Gasteiger partial charge < -0.3 is 25.0 Å². The summed E-state index contributed by atoms with van der Waals surface area (Å²) in [6.07, 6.45) is 1.10. The zero-order chi connectivity index (χ0) is 18.5. The normalized spacial score (nSPS) is 13.0. The number of nitrogens with zero attached hydrogens (tertiary/aromatic N) is 2. The van der Waals surface area contributed by atoms with E-state index in [2.05, 4.69) is 46.6 Å². The third kappa shape index (κ3) is 9.94. The van der Waals surface area contributed by atoms with Crippen LogP contribution in [-0.2, 0) is 4.74 Å². The van der Waals surface area contributed by atoms with Crippen LogP contribution in [-0.4, -0.2) is 71.0 Å². The van der Waals surface area contributed by atoms with E-state index in [1.165, 1.54) is 5.56 Å². The Bertz CT molecular complexity index is 491. The van der Waals surface area contributed by atoms with E-state index in [0.717, 1.165) is 44.4 Å². The van der Waals surface area contributed by atoms with Gasteiger partial charge in [-0.3, -0.25) is 4.99 Å². The number of likely N-dealkylation sites (N-methyl/N-ethyl adjacent to an activating group) is 1. The van der Waals surface area contributed by atoms with Crippen LogP contribution < -0.4 is 15.4 Å². The number of rotatable bonds is 11. The van der Waals surface area contributed by atoms with Crippen LogP contribution in [0.4, 0.5) is 0 Å². The lowest BCUT2D eigenvalue weighted by molar-refractivity contribution is 0.180. The summed E-state index contributed by atoms with van der Waals surface area (Å²) in [6, 6.07) is 8.11. The number of guanidine groups is 1. The van der Waals surface area contributed by atoms with Crippen LogP contribution in [0.3, 0.4) is 0 Å². The van der Waals surface area contributed by atoms with E-state index in [1.54, 1.807) is 14.2 Å². The molecule has 2 N–H and O–H groups in total. The van der Waals surface area contributed by atoms with Crippen LogP contribution in [0.2, 0.25) is 0 Å². The molecule has 0 fully saturated rings. The summed E-state index contributed by atoms with van der Waals surface area (Å²) in [7, 11) is 5.63. The van der Waals surface area contributed by atoms with Gasteiger partial charge in [0.2, 0.25) is 0 Å². The molecule has 1 atom stereocenters. The van der Waals surface area contributed by atoms with E-state index in [1.807, 2.05) is 19.1 Å². The molecule has 0 bridgehead atoms. The Morgan fingerprint density at radius 3 is 2.56 bits per heavy atom. The van der Waals surface area contributed by atoms with Gasteiger partial charge in [0.05, 0.1) is 6.54 Å². The summed E-state index contributed by atoms with van der Waals surface area (Å²) in [5.74, 6) is 1.69. The van der Waals surface area contributed by atoms with Crippen molar-refractivity contribution in [2.24, 2.45) is 4.99 Å². The van der Waals surface area contributed by atoms with Crippen molar-refractivity contribution in [3.05, 3.63) is 29.8 Å². The first-order valence-electron chi connectivity index (χ1n) is 8.90. The van der Waals surface area contributed by atoms with Gasteiger partial charge in [-0.15, -0.1) is 0 Å². The standard InChI is InChI=1S/C19H34N4O2/c1-16-7-9-18(10-8-16)25-17(2)15-22-19(20-3)21-11-13-23(4)12-6-14-24-5/h7-10,17H,6,11-15H2,1-5H3,(H2,20,21,22). The second-order valence-electron chi connectivity index (χ2n) is 6.27. The number of aliphatic imine (C=N–C) groups is 1. The zero-order valence-electron chi connectivity index (χ0n) is 16.3. The largest absolute Gasteiger partial charge is 0.489 e. The summed E-state index contributed by atoms with van der Waals surface area (Å²) < 4.78 is 11.0. The van der Waals surface area contributed by atoms with Gasteiger partial charge in [0.1, 0.15) is 11.9 Å². The third-order valence-electron chi connectivity index (χ3n) is 3.81. The summed E-state index contributed by atoms with van der Waals surface area (Å²) in [5.41, 5.74) is 1.23. The van der Waals surface area contributed by atoms with Gasteiger partial charge in [0.25, 0.3) is 0 Å². The summed E-state index contributed by atoms with van der Waals surface area (Å²) in [5, 5.41) is 6.63. The first-order chi connectivity index (χ1) is 12.0. The molecule has 0 aromatic heterocycles. The van der Waals surface area contributed by atoms with E-state index >= 15 is 0 Å². The molecule has 1 rings (SSSR count). The lowest BCUT2D eigenvalue weighted by Crippen LogP contribution is -2.44. The Balaban J connectivity index is 2.21. The number of hydrogen-bond donors (Lipinski definition) is 2. The van der Waals surface area contributed by atoms with Crippen LogP contribution in [0.1, 0.15) is 18.9 Å². The first kappa shape index (κ1) is 21.3. The molecule has 1 unspecified atom stereocenters. The van der Waals surface area contributed by atoms with Crippen molar-refractivity contribution in [3.8, 4) is 5.75 Å². The van der Waals surface area contributed by atoms with Gasteiger partial charge in [0.15, 0.2) is 5.96 Å². The topological polar surface area (TPSA) is 58.1 Å². The summed E-state index contributed by atoms with van der Waals surface area (Å²) >= 11 is 0. The highest BCUT2D eigenvalue weighted by atomic mass is 16.5. The fraction of sp³-hybridized carbons (Fsp3) is 0.632. The lowest BCUT2D eigenvalue weighted by atomic mass is 10.2. The molecule has 6 heteroatoms. The van der Waals surface area contributed by atoms with E-state index in [-0.39, 0.29) is 6.10 Å². The Morgan fingerprint density at radius 1 is 1.20 bits per heavy atom. The smallest absolute Gasteiger partial charge is 0.191 e. The van der Waals surface area contributed by atoms with Gasteiger partial charge in [-0.05, 0) is 39.4 Å². The van der Waals surface area contributed by atoms with Gasteiger partial charge in [-0.1, -0.05) is 17.7 Å². The predicted octanol–water partition coefficient (Wildman–Crippen LogP) is 1.90. The molecule has 6 nitrogen and oxygen atoms in total. The fourth-order valence-electron chi connectivity index (χ4n) is 2.31. The van der Waals surface area contributed by atoms with Crippen LogP contribution in [0.15, 0.2) is 29.3 Å². The molecule has 1 aromatic rings. The number of hydrogen-bond acceptors (Lipinski definition) is 4. The van der Waals surface area contributed by atoms with E-state index in [0.29, 0.717) is 6.54 Å². The van der Waals surface area contributed by atoms with Crippen molar-refractivity contribution in [1.82, 2.24) is 15.5 Å². The second kappa shape index (κ2) is 12.6. The molecule has 1 aromatic carbocycles. The van der Waals surface area contributed by atoms with Gasteiger partial charge in [-0.25, -0.2) is 0 Å². The molecule has 0 saturated heterocycles. The second-order valence-corrected chi connectivity index (χ2v) is 6.27. The van der Waals surface area contributed by atoms with Gasteiger partial charge in [0, 0.05) is 40.4 Å². The molecular formula is C19H34N4O2. The number of methoxy groups -OCH3 is 1. The minimum atomic E-state index is 0.0537. The summed E-state index contributed by atoms with van der Waals surface area (Å²) in [4.78, 5) is 6.53. The molecule has 0 aliphatic carbocycles. The predicted molar refractivity (Wildman–Crippen MR) is 105 cm³/mol. The molecule has 25 heavy (non-hydrogen) atoms. The zero-order valence-corrected chi connectivity index (χ0v) is 16.3. The Kier molecular flexibility index (Phi) is 10.7. The molecule has 0 amide bonds. The van der Waals surface area contributed by atoms with Gasteiger partial charge >= 0.3 is 0 Å². The fourth-order valence-corrected chi connectivity index (χ4v) is 2.31. The molecule has 0 aliphatic rings. The van der Waals surface area contributed by atoms with Crippen molar-refractivity contribution in [3.63, 3.8) is 0 Å². The molecule has 142 valence electrons. The maximum Gasteiger partial charge on any atom is 0.191 e. The number of benzene rings is 1. The van der Waals surface area contributed by atoms with Crippen LogP contribution in [0, 0.1) is 6.92 Å².